The van der Waals surface area contributed by atoms with Crippen molar-refractivity contribution >= 4 is 27.5 Å². The average Bonchev–Trinajstić information content (AvgIpc) is 3.62. The number of pyridine rings is 1. The van der Waals surface area contributed by atoms with Gasteiger partial charge in [-0.15, -0.1) is 0 Å². The smallest absolute Gasteiger partial charge is 0.145 e. The van der Waals surface area contributed by atoms with E-state index in [1.54, 1.807) is 0 Å². The first-order valence-electron chi connectivity index (χ1n) is 18.1. The number of fused-ring (bicyclic) bond motifs is 5. The fraction of sp³-hybridized carbons (Fsp3) is 0. The maximum absolute atomic E-state index is 5.24. The molecule has 0 radical (unpaired) electrons. The largest absolute Gasteiger partial charge is 0.298 e. The van der Waals surface area contributed by atoms with E-state index in [1.165, 1.54) is 66.6 Å². The molecule has 0 amide bonds. The van der Waals surface area contributed by atoms with Crippen molar-refractivity contribution in [3.05, 3.63) is 206 Å². The molecule has 10 aromatic rings. The molecule has 2 nitrogen and oxygen atoms in total. The zero-order valence-corrected chi connectivity index (χ0v) is 29.0. The molecule has 248 valence electrons. The number of hydrogen-bond acceptors (Lipinski definition) is 1. The third kappa shape index (κ3) is 5.67. The molecular formula is C51H34N2. The topological polar surface area (TPSA) is 17.3 Å². The van der Waals surface area contributed by atoms with E-state index in [-0.39, 0.29) is 0 Å². The van der Waals surface area contributed by atoms with Crippen LogP contribution in [0.2, 0.25) is 0 Å². The first kappa shape index (κ1) is 30.8. The van der Waals surface area contributed by atoms with E-state index in [9.17, 15) is 0 Å². The lowest BCUT2D eigenvalue weighted by Gasteiger charge is -2.14. The molecule has 0 bridgehead atoms. The maximum atomic E-state index is 5.24. The van der Waals surface area contributed by atoms with E-state index in [2.05, 4.69) is 211 Å². The Morgan fingerprint density at radius 3 is 1.17 bits per heavy atom. The van der Waals surface area contributed by atoms with Gasteiger partial charge in [0, 0.05) is 17.1 Å². The Morgan fingerprint density at radius 1 is 0.302 bits per heavy atom. The van der Waals surface area contributed by atoms with Crippen molar-refractivity contribution in [2.45, 2.75) is 0 Å². The van der Waals surface area contributed by atoms with Crippen LogP contribution in [0.25, 0.3) is 94.2 Å². The Balaban J connectivity index is 1.20. The maximum Gasteiger partial charge on any atom is 0.145 e. The SMILES string of the molecule is c1ccc(-c2cc(-c3ccccc3)cc(-c3ccc4nc5c6ccccc6c(-c6cc(-c7ccccc7)cc(-c7ccccc7)c6)cn5c4c3)c2)cc1. The lowest BCUT2D eigenvalue weighted by Crippen LogP contribution is -1.93. The Labute approximate surface area is 308 Å². The monoisotopic (exact) mass is 674 g/mol. The molecule has 0 N–H and O–H groups in total. The molecule has 2 aromatic heterocycles. The van der Waals surface area contributed by atoms with Gasteiger partial charge >= 0.3 is 0 Å². The molecule has 0 spiro atoms. The quantitative estimate of drug-likeness (QED) is 0.172. The number of aromatic nitrogens is 2. The number of imidazole rings is 1. The van der Waals surface area contributed by atoms with Crippen LogP contribution in [0.3, 0.4) is 0 Å². The van der Waals surface area contributed by atoms with Crippen molar-refractivity contribution in [3.8, 4) is 66.8 Å². The van der Waals surface area contributed by atoms with Crippen LogP contribution < -0.4 is 0 Å². The molecule has 0 aliphatic heterocycles. The fourth-order valence-corrected chi connectivity index (χ4v) is 7.70. The van der Waals surface area contributed by atoms with Gasteiger partial charge in [-0.05, 0) is 115 Å². The van der Waals surface area contributed by atoms with Gasteiger partial charge in [-0.25, -0.2) is 4.98 Å². The van der Waals surface area contributed by atoms with Crippen molar-refractivity contribution in [2.75, 3.05) is 0 Å². The van der Waals surface area contributed by atoms with E-state index >= 15 is 0 Å². The highest BCUT2D eigenvalue weighted by molar-refractivity contribution is 6.06. The van der Waals surface area contributed by atoms with Gasteiger partial charge in [-0.1, -0.05) is 152 Å². The summed E-state index contributed by atoms with van der Waals surface area (Å²) in [5, 5.41) is 2.31. The van der Waals surface area contributed by atoms with Crippen molar-refractivity contribution in [1.82, 2.24) is 9.38 Å². The van der Waals surface area contributed by atoms with Crippen molar-refractivity contribution in [1.29, 1.82) is 0 Å². The summed E-state index contributed by atoms with van der Waals surface area (Å²) in [4.78, 5) is 5.24. The van der Waals surface area contributed by atoms with Gasteiger partial charge in [0.15, 0.2) is 0 Å². The first-order chi connectivity index (χ1) is 26.2. The lowest BCUT2D eigenvalue weighted by molar-refractivity contribution is 1.25. The zero-order valence-electron chi connectivity index (χ0n) is 29.0. The van der Waals surface area contributed by atoms with Gasteiger partial charge in [0.2, 0.25) is 0 Å². The van der Waals surface area contributed by atoms with Crippen LogP contribution in [0.5, 0.6) is 0 Å². The molecule has 8 aromatic carbocycles. The second-order valence-electron chi connectivity index (χ2n) is 13.7. The molecule has 0 saturated heterocycles. The van der Waals surface area contributed by atoms with E-state index in [1.807, 2.05) is 0 Å². The number of hydrogen-bond donors (Lipinski definition) is 0. The first-order valence-corrected chi connectivity index (χ1v) is 18.1. The molecule has 0 aliphatic rings. The van der Waals surface area contributed by atoms with E-state index in [0.717, 1.165) is 27.6 Å². The van der Waals surface area contributed by atoms with Gasteiger partial charge in [0.25, 0.3) is 0 Å². The predicted molar refractivity (Wildman–Crippen MR) is 223 cm³/mol. The summed E-state index contributed by atoms with van der Waals surface area (Å²) in [6.45, 7) is 0. The van der Waals surface area contributed by atoms with Crippen LogP contribution in [0.1, 0.15) is 0 Å². The van der Waals surface area contributed by atoms with Gasteiger partial charge in [-0.3, -0.25) is 4.40 Å². The van der Waals surface area contributed by atoms with Crippen LogP contribution >= 0.6 is 0 Å². The molecule has 2 heterocycles. The van der Waals surface area contributed by atoms with Crippen molar-refractivity contribution in [2.24, 2.45) is 0 Å². The second kappa shape index (κ2) is 12.9. The molecule has 0 aliphatic carbocycles. The molecule has 53 heavy (non-hydrogen) atoms. The Morgan fingerprint density at radius 2 is 0.698 bits per heavy atom. The van der Waals surface area contributed by atoms with Crippen LogP contribution in [-0.4, -0.2) is 9.38 Å². The fourth-order valence-electron chi connectivity index (χ4n) is 7.70. The summed E-state index contributed by atoms with van der Waals surface area (Å²) in [5.74, 6) is 0. The van der Waals surface area contributed by atoms with Crippen LogP contribution in [0.15, 0.2) is 206 Å². The van der Waals surface area contributed by atoms with Crippen LogP contribution in [-0.2, 0) is 0 Å². The van der Waals surface area contributed by atoms with E-state index in [4.69, 9.17) is 4.98 Å². The summed E-state index contributed by atoms with van der Waals surface area (Å²) < 4.78 is 2.30. The molecule has 0 atom stereocenters. The Bertz CT molecular complexity index is 2790. The highest BCUT2D eigenvalue weighted by Crippen LogP contribution is 2.39. The van der Waals surface area contributed by atoms with Gasteiger partial charge in [-0.2, -0.15) is 0 Å². The van der Waals surface area contributed by atoms with E-state index in [0.29, 0.717) is 0 Å². The van der Waals surface area contributed by atoms with Gasteiger partial charge in [0.05, 0.1) is 11.0 Å². The Kier molecular flexibility index (Phi) is 7.51. The number of benzene rings is 8. The lowest BCUT2D eigenvalue weighted by atomic mass is 9.92. The normalized spacial score (nSPS) is 11.4. The van der Waals surface area contributed by atoms with Gasteiger partial charge in [0.1, 0.15) is 5.65 Å². The summed E-state index contributed by atoms with van der Waals surface area (Å²) in [5.41, 5.74) is 17.3. The number of rotatable bonds is 6. The average molecular weight is 675 g/mol. The summed E-state index contributed by atoms with van der Waals surface area (Å²) >= 11 is 0. The molecule has 0 fully saturated rings. The Hall–Kier alpha value is -7.03. The minimum Gasteiger partial charge on any atom is -0.298 e. The second-order valence-corrected chi connectivity index (χ2v) is 13.7. The highest BCUT2D eigenvalue weighted by Gasteiger charge is 2.16. The predicted octanol–water partition coefficient (Wildman–Crippen LogP) is 13.6. The molecule has 10 rings (SSSR count). The molecule has 0 saturated carbocycles. The van der Waals surface area contributed by atoms with Crippen molar-refractivity contribution in [3.63, 3.8) is 0 Å². The highest BCUT2D eigenvalue weighted by atomic mass is 15.0. The third-order valence-electron chi connectivity index (χ3n) is 10.3. The van der Waals surface area contributed by atoms with Crippen LogP contribution in [0, 0.1) is 0 Å². The van der Waals surface area contributed by atoms with Crippen molar-refractivity contribution < 1.29 is 0 Å². The van der Waals surface area contributed by atoms with Crippen LogP contribution in [0.4, 0.5) is 0 Å². The molecule has 2 heteroatoms. The molecular weight excluding hydrogens is 641 g/mol. The molecule has 0 unspecified atom stereocenters. The standard InChI is InChI=1S/C51H34N2/c1-5-15-35(16-6-1)40-27-41(36-17-7-2-8-18-36)30-44(29-40)39-25-26-49-50(33-39)53-34-48(46-23-13-14-24-47(46)51(53)52-49)45-31-42(37-19-9-3-10-20-37)28-43(32-45)38-21-11-4-12-22-38/h1-34H. The summed E-state index contributed by atoms with van der Waals surface area (Å²) in [6.07, 6.45) is 2.30. The third-order valence-corrected chi connectivity index (χ3v) is 10.3. The summed E-state index contributed by atoms with van der Waals surface area (Å²) in [6, 6.07) is 71.9. The van der Waals surface area contributed by atoms with Gasteiger partial charge < -0.3 is 0 Å². The zero-order chi connectivity index (χ0) is 35.1. The van der Waals surface area contributed by atoms with E-state index < -0.39 is 0 Å². The number of nitrogens with zero attached hydrogens (tertiary/aromatic N) is 2. The summed E-state index contributed by atoms with van der Waals surface area (Å²) in [7, 11) is 0. The minimum atomic E-state index is 0.960. The minimum absolute atomic E-state index is 0.960.